The summed E-state index contributed by atoms with van der Waals surface area (Å²) in [4.78, 5) is 16.1. The molecule has 0 radical (unpaired) electrons. The zero-order valence-electron chi connectivity index (χ0n) is 11.0. The molecule has 3 nitrogen and oxygen atoms in total. The molecular weight excluding hydrogens is 269 g/mol. The van der Waals surface area contributed by atoms with Crippen molar-refractivity contribution in [3.05, 3.63) is 36.0 Å². The lowest BCUT2D eigenvalue weighted by molar-refractivity contribution is -0.140. The zero-order chi connectivity index (χ0) is 14.8. The van der Waals surface area contributed by atoms with Gasteiger partial charge in [-0.2, -0.15) is 13.2 Å². The van der Waals surface area contributed by atoms with Crippen LogP contribution in [-0.4, -0.2) is 35.1 Å². The van der Waals surface area contributed by atoms with Crippen LogP contribution in [0.4, 0.5) is 13.2 Å². The quantitative estimate of drug-likeness (QED) is 0.915. The van der Waals surface area contributed by atoms with Gasteiger partial charge in [-0.3, -0.25) is 4.79 Å². The van der Waals surface area contributed by atoms with E-state index >= 15 is 0 Å². The summed E-state index contributed by atoms with van der Waals surface area (Å²) >= 11 is 0. The van der Waals surface area contributed by atoms with Crippen LogP contribution in [0.1, 0.15) is 23.7 Å². The predicted molar refractivity (Wildman–Crippen MR) is 70.5 cm³/mol. The Hall–Kier alpha value is -1.98. The van der Waals surface area contributed by atoms with E-state index in [-0.39, 0.29) is 6.54 Å². The van der Waals surface area contributed by atoms with Gasteiger partial charge in [0.05, 0.1) is 0 Å². The number of benzene rings is 1. The number of hydrogen-bond acceptors (Lipinski definition) is 1. The first-order valence-electron chi connectivity index (χ1n) is 6.34. The molecule has 0 aliphatic rings. The lowest BCUT2D eigenvalue weighted by Gasteiger charge is -2.23. The van der Waals surface area contributed by atoms with Gasteiger partial charge in [0.2, 0.25) is 0 Å². The Morgan fingerprint density at radius 2 is 2.05 bits per heavy atom. The van der Waals surface area contributed by atoms with Crippen LogP contribution in [-0.2, 0) is 0 Å². The van der Waals surface area contributed by atoms with Gasteiger partial charge >= 0.3 is 6.18 Å². The number of fused-ring (bicyclic) bond motifs is 1. The maximum atomic E-state index is 12.6. The van der Waals surface area contributed by atoms with Gasteiger partial charge in [0.15, 0.2) is 0 Å². The van der Waals surface area contributed by atoms with E-state index in [2.05, 4.69) is 4.98 Å². The largest absolute Gasteiger partial charge is 0.406 e. The van der Waals surface area contributed by atoms with Crippen LogP contribution in [0, 0.1) is 0 Å². The van der Waals surface area contributed by atoms with Crippen LogP contribution in [0.3, 0.4) is 0 Å². The van der Waals surface area contributed by atoms with E-state index in [1.54, 1.807) is 37.4 Å². The minimum Gasteiger partial charge on any atom is -0.361 e. The van der Waals surface area contributed by atoms with Gasteiger partial charge in [-0.05, 0) is 24.6 Å². The predicted octanol–water partition coefficient (Wildman–Crippen LogP) is 3.58. The highest BCUT2D eigenvalue weighted by molar-refractivity contribution is 6.06. The van der Waals surface area contributed by atoms with Crippen molar-refractivity contribution in [3.8, 4) is 0 Å². The minimum atomic E-state index is -4.39. The van der Waals surface area contributed by atoms with E-state index in [9.17, 15) is 18.0 Å². The monoisotopic (exact) mass is 284 g/mol. The molecule has 2 aromatic rings. The molecular formula is C14H15F3N2O. The number of alkyl halides is 3. The molecule has 0 saturated heterocycles. The van der Waals surface area contributed by atoms with Crippen LogP contribution in [0.25, 0.3) is 10.9 Å². The van der Waals surface area contributed by atoms with Crippen molar-refractivity contribution in [2.45, 2.75) is 19.5 Å². The average molecular weight is 284 g/mol. The number of nitrogens with zero attached hydrogens (tertiary/aromatic N) is 1. The maximum Gasteiger partial charge on any atom is 0.406 e. The number of carbonyl (C=O) groups is 1. The number of halogens is 3. The molecule has 0 fully saturated rings. The Kier molecular flexibility index (Phi) is 4.01. The Morgan fingerprint density at radius 3 is 2.70 bits per heavy atom. The summed E-state index contributed by atoms with van der Waals surface area (Å²) in [6.07, 6.45) is -2.25. The Morgan fingerprint density at radius 1 is 1.30 bits per heavy atom. The fourth-order valence-corrected chi connectivity index (χ4v) is 2.18. The molecule has 0 spiro atoms. The van der Waals surface area contributed by atoms with Crippen molar-refractivity contribution in [1.82, 2.24) is 9.88 Å². The van der Waals surface area contributed by atoms with E-state index < -0.39 is 18.6 Å². The topological polar surface area (TPSA) is 36.1 Å². The first kappa shape index (κ1) is 14.4. The normalized spacial score (nSPS) is 11.8. The molecule has 108 valence electrons. The first-order valence-corrected chi connectivity index (χ1v) is 6.34. The summed E-state index contributed by atoms with van der Waals surface area (Å²) in [7, 11) is 0. The van der Waals surface area contributed by atoms with Crippen molar-refractivity contribution in [2.75, 3.05) is 13.1 Å². The molecule has 0 bridgehead atoms. The molecule has 0 saturated carbocycles. The second kappa shape index (κ2) is 5.56. The average Bonchev–Trinajstić information content (AvgIpc) is 2.83. The SMILES string of the molecule is CCCN(CC(F)(F)F)C(=O)c1cccc2[nH]ccc12. The minimum absolute atomic E-state index is 0.0825. The second-order valence-corrected chi connectivity index (χ2v) is 4.59. The number of carbonyl (C=O) groups excluding carboxylic acids is 1. The molecule has 20 heavy (non-hydrogen) atoms. The van der Waals surface area contributed by atoms with Crippen molar-refractivity contribution < 1.29 is 18.0 Å². The molecule has 6 heteroatoms. The molecule has 0 atom stereocenters. The van der Waals surface area contributed by atoms with E-state index in [0.29, 0.717) is 17.4 Å². The number of nitrogens with one attached hydrogen (secondary N) is 1. The number of rotatable bonds is 4. The highest BCUT2D eigenvalue weighted by atomic mass is 19.4. The summed E-state index contributed by atoms with van der Waals surface area (Å²) in [6.45, 7) is 0.604. The van der Waals surface area contributed by atoms with Crippen LogP contribution in [0.15, 0.2) is 30.5 Å². The van der Waals surface area contributed by atoms with Crippen LogP contribution < -0.4 is 0 Å². The van der Waals surface area contributed by atoms with Gasteiger partial charge < -0.3 is 9.88 Å². The molecule has 0 aliphatic heterocycles. The van der Waals surface area contributed by atoms with Gasteiger partial charge in [-0.15, -0.1) is 0 Å². The second-order valence-electron chi connectivity index (χ2n) is 4.59. The Balaban J connectivity index is 2.34. The third kappa shape index (κ3) is 3.12. The lowest BCUT2D eigenvalue weighted by Crippen LogP contribution is -2.39. The van der Waals surface area contributed by atoms with Gasteiger partial charge in [0.25, 0.3) is 5.91 Å². The Labute approximate surface area is 114 Å². The maximum absolute atomic E-state index is 12.6. The van der Waals surface area contributed by atoms with E-state index in [0.717, 1.165) is 10.4 Å². The van der Waals surface area contributed by atoms with Gasteiger partial charge in [0.1, 0.15) is 6.54 Å². The third-order valence-corrected chi connectivity index (χ3v) is 2.98. The van der Waals surface area contributed by atoms with Crippen molar-refractivity contribution in [1.29, 1.82) is 0 Å². The molecule has 1 N–H and O–H groups in total. The van der Waals surface area contributed by atoms with Gasteiger partial charge in [-0.1, -0.05) is 13.0 Å². The Bertz CT molecular complexity index is 604. The molecule has 1 amide bonds. The summed E-state index contributed by atoms with van der Waals surface area (Å²) < 4.78 is 37.7. The molecule has 0 aliphatic carbocycles. The third-order valence-electron chi connectivity index (χ3n) is 2.98. The van der Waals surface area contributed by atoms with Crippen LogP contribution in [0.2, 0.25) is 0 Å². The zero-order valence-corrected chi connectivity index (χ0v) is 11.0. The fourth-order valence-electron chi connectivity index (χ4n) is 2.18. The summed E-state index contributed by atoms with van der Waals surface area (Å²) in [6, 6.07) is 6.68. The number of hydrogen-bond donors (Lipinski definition) is 1. The van der Waals surface area contributed by atoms with Gasteiger partial charge in [0, 0.05) is 29.2 Å². The van der Waals surface area contributed by atoms with E-state index in [1.165, 1.54) is 0 Å². The van der Waals surface area contributed by atoms with E-state index in [4.69, 9.17) is 0 Å². The number of aromatic amines is 1. The van der Waals surface area contributed by atoms with Crippen LogP contribution >= 0.6 is 0 Å². The van der Waals surface area contributed by atoms with Crippen molar-refractivity contribution in [3.63, 3.8) is 0 Å². The number of aromatic nitrogens is 1. The van der Waals surface area contributed by atoms with Crippen molar-refractivity contribution >= 4 is 16.8 Å². The summed E-state index contributed by atoms with van der Waals surface area (Å²) in [5.74, 6) is -0.589. The van der Waals surface area contributed by atoms with Gasteiger partial charge in [-0.25, -0.2) is 0 Å². The molecule has 1 aromatic carbocycles. The van der Waals surface area contributed by atoms with E-state index in [1.807, 2.05) is 0 Å². The highest BCUT2D eigenvalue weighted by Crippen LogP contribution is 2.22. The molecule has 1 heterocycles. The number of amides is 1. The highest BCUT2D eigenvalue weighted by Gasteiger charge is 2.33. The molecule has 0 unspecified atom stereocenters. The number of H-pyrrole nitrogens is 1. The fraction of sp³-hybridized carbons (Fsp3) is 0.357. The smallest absolute Gasteiger partial charge is 0.361 e. The van der Waals surface area contributed by atoms with Crippen molar-refractivity contribution in [2.24, 2.45) is 0 Å². The lowest BCUT2D eigenvalue weighted by atomic mass is 10.1. The molecule has 2 rings (SSSR count). The first-order chi connectivity index (χ1) is 9.42. The summed E-state index contributed by atoms with van der Waals surface area (Å²) in [5, 5.41) is 0.640. The van der Waals surface area contributed by atoms with Crippen LogP contribution in [0.5, 0.6) is 0 Å². The summed E-state index contributed by atoms with van der Waals surface area (Å²) in [5.41, 5.74) is 1.03. The molecule has 1 aromatic heterocycles. The standard InChI is InChI=1S/C14H15F3N2O/c1-2-8-19(9-14(15,16)17)13(20)11-4-3-5-12-10(11)6-7-18-12/h3-7,18H,2,8-9H2,1H3.